The van der Waals surface area contributed by atoms with Crippen LogP contribution in [0.5, 0.6) is 0 Å². The Labute approximate surface area is 94.5 Å². The first kappa shape index (κ1) is 12.1. The van der Waals surface area contributed by atoms with E-state index < -0.39 is 5.97 Å². The topological polar surface area (TPSA) is 73.1 Å². The van der Waals surface area contributed by atoms with E-state index in [0.29, 0.717) is 18.5 Å². The number of rotatable bonds is 5. The molecule has 84 valence electrons. The molecule has 0 unspecified atom stereocenters. The molecule has 0 heterocycles. The second-order valence-electron chi connectivity index (χ2n) is 3.58. The van der Waals surface area contributed by atoms with Gasteiger partial charge in [0.2, 0.25) is 0 Å². The fourth-order valence-corrected chi connectivity index (χ4v) is 1.36. The standard InChI is InChI=1S/C12H14N2O2/c1-9-4-5-10(8-13)11(7-9)14-6-2-3-12(15)16/h4-5,7,14H,2-3,6H2,1H3,(H,15,16). The van der Waals surface area contributed by atoms with Gasteiger partial charge < -0.3 is 10.4 Å². The molecule has 0 aliphatic heterocycles. The summed E-state index contributed by atoms with van der Waals surface area (Å²) in [6, 6.07) is 7.62. The van der Waals surface area contributed by atoms with Gasteiger partial charge in [-0.3, -0.25) is 4.79 Å². The second kappa shape index (κ2) is 5.76. The van der Waals surface area contributed by atoms with Crippen molar-refractivity contribution in [2.45, 2.75) is 19.8 Å². The van der Waals surface area contributed by atoms with Crippen LogP contribution < -0.4 is 5.32 Å². The molecule has 0 atom stereocenters. The van der Waals surface area contributed by atoms with E-state index in [9.17, 15) is 4.79 Å². The smallest absolute Gasteiger partial charge is 0.303 e. The maximum Gasteiger partial charge on any atom is 0.303 e. The molecule has 1 aromatic carbocycles. The number of benzene rings is 1. The average molecular weight is 218 g/mol. The number of hydrogen-bond donors (Lipinski definition) is 2. The molecule has 0 saturated heterocycles. The Bertz CT molecular complexity index is 422. The highest BCUT2D eigenvalue weighted by atomic mass is 16.4. The summed E-state index contributed by atoms with van der Waals surface area (Å²) < 4.78 is 0. The van der Waals surface area contributed by atoms with Crippen LogP contribution in [0.3, 0.4) is 0 Å². The van der Waals surface area contributed by atoms with E-state index in [-0.39, 0.29) is 6.42 Å². The van der Waals surface area contributed by atoms with Crippen molar-refractivity contribution < 1.29 is 9.90 Å². The average Bonchev–Trinajstić information content (AvgIpc) is 2.24. The lowest BCUT2D eigenvalue weighted by Gasteiger charge is -2.08. The minimum absolute atomic E-state index is 0.140. The van der Waals surface area contributed by atoms with Crippen molar-refractivity contribution in [2.24, 2.45) is 0 Å². The van der Waals surface area contributed by atoms with Gasteiger partial charge in [-0.2, -0.15) is 5.26 Å². The van der Waals surface area contributed by atoms with Crippen LogP contribution in [0.25, 0.3) is 0 Å². The molecular formula is C12H14N2O2. The Kier molecular flexibility index (Phi) is 4.34. The maximum absolute atomic E-state index is 10.3. The van der Waals surface area contributed by atoms with Crippen molar-refractivity contribution >= 4 is 11.7 Å². The molecule has 0 aliphatic carbocycles. The predicted octanol–water partition coefficient (Wildman–Crippen LogP) is 2.14. The van der Waals surface area contributed by atoms with Gasteiger partial charge in [-0.15, -0.1) is 0 Å². The summed E-state index contributed by atoms with van der Waals surface area (Å²) in [5.41, 5.74) is 2.42. The quantitative estimate of drug-likeness (QED) is 0.742. The van der Waals surface area contributed by atoms with E-state index in [1.165, 1.54) is 0 Å². The normalized spacial score (nSPS) is 9.50. The fourth-order valence-electron chi connectivity index (χ4n) is 1.36. The van der Waals surface area contributed by atoms with Gasteiger partial charge in [-0.1, -0.05) is 6.07 Å². The zero-order valence-electron chi connectivity index (χ0n) is 9.16. The summed E-state index contributed by atoms with van der Waals surface area (Å²) in [7, 11) is 0. The van der Waals surface area contributed by atoms with E-state index >= 15 is 0 Å². The number of hydrogen-bond acceptors (Lipinski definition) is 3. The monoisotopic (exact) mass is 218 g/mol. The zero-order chi connectivity index (χ0) is 12.0. The maximum atomic E-state index is 10.3. The van der Waals surface area contributed by atoms with Gasteiger partial charge in [0.15, 0.2) is 0 Å². The number of aryl methyl sites for hydroxylation is 1. The summed E-state index contributed by atoms with van der Waals surface area (Å²) in [6.45, 7) is 2.51. The highest BCUT2D eigenvalue weighted by Crippen LogP contribution is 2.16. The first-order valence-corrected chi connectivity index (χ1v) is 5.10. The first-order valence-electron chi connectivity index (χ1n) is 5.10. The lowest BCUT2D eigenvalue weighted by atomic mass is 10.1. The van der Waals surface area contributed by atoms with Gasteiger partial charge in [-0.25, -0.2) is 0 Å². The molecule has 0 radical (unpaired) electrons. The molecule has 0 bridgehead atoms. The molecule has 1 aromatic rings. The molecule has 2 N–H and O–H groups in total. The van der Waals surface area contributed by atoms with E-state index in [1.807, 2.05) is 19.1 Å². The Morgan fingerprint density at radius 2 is 2.31 bits per heavy atom. The summed E-state index contributed by atoms with van der Waals surface area (Å²) >= 11 is 0. The molecule has 0 fully saturated rings. The Hall–Kier alpha value is -2.02. The number of anilines is 1. The first-order chi connectivity index (χ1) is 7.63. The van der Waals surface area contributed by atoms with Gasteiger partial charge in [0.05, 0.1) is 11.3 Å². The number of carboxylic acid groups (broad SMARTS) is 1. The third kappa shape index (κ3) is 3.62. The van der Waals surface area contributed by atoms with Crippen molar-refractivity contribution in [3.63, 3.8) is 0 Å². The molecule has 0 saturated carbocycles. The number of carbonyl (C=O) groups is 1. The summed E-state index contributed by atoms with van der Waals surface area (Å²) in [5.74, 6) is -0.799. The number of aliphatic carboxylic acids is 1. The van der Waals surface area contributed by atoms with Crippen LogP contribution in [0.2, 0.25) is 0 Å². The minimum atomic E-state index is -0.799. The second-order valence-corrected chi connectivity index (χ2v) is 3.58. The summed E-state index contributed by atoms with van der Waals surface area (Å²) in [6.07, 6.45) is 0.689. The van der Waals surface area contributed by atoms with Crippen molar-refractivity contribution in [2.75, 3.05) is 11.9 Å². The molecule has 0 aromatic heterocycles. The van der Waals surface area contributed by atoms with E-state index in [4.69, 9.17) is 10.4 Å². The van der Waals surface area contributed by atoms with Crippen LogP contribution in [0.4, 0.5) is 5.69 Å². The van der Waals surface area contributed by atoms with Crippen LogP contribution in [-0.4, -0.2) is 17.6 Å². The highest BCUT2D eigenvalue weighted by molar-refractivity contribution is 5.66. The number of nitriles is 1. The van der Waals surface area contributed by atoms with Crippen LogP contribution in [0.15, 0.2) is 18.2 Å². The molecule has 4 nitrogen and oxygen atoms in total. The third-order valence-corrected chi connectivity index (χ3v) is 2.18. The minimum Gasteiger partial charge on any atom is -0.481 e. The van der Waals surface area contributed by atoms with Crippen LogP contribution >= 0.6 is 0 Å². The van der Waals surface area contributed by atoms with Gasteiger partial charge in [0.25, 0.3) is 0 Å². The molecule has 16 heavy (non-hydrogen) atoms. The van der Waals surface area contributed by atoms with Crippen molar-refractivity contribution in [3.05, 3.63) is 29.3 Å². The molecule has 0 amide bonds. The fraction of sp³-hybridized carbons (Fsp3) is 0.333. The Balaban J connectivity index is 2.56. The van der Waals surface area contributed by atoms with E-state index in [1.54, 1.807) is 6.07 Å². The van der Waals surface area contributed by atoms with E-state index in [2.05, 4.69) is 11.4 Å². The Morgan fingerprint density at radius 1 is 1.56 bits per heavy atom. The summed E-state index contributed by atoms with van der Waals surface area (Å²) in [5, 5.41) is 20.4. The van der Waals surface area contributed by atoms with Crippen molar-refractivity contribution in [1.82, 2.24) is 0 Å². The zero-order valence-corrected chi connectivity index (χ0v) is 9.16. The molecule has 1 rings (SSSR count). The van der Waals surface area contributed by atoms with Gasteiger partial charge in [0.1, 0.15) is 6.07 Å². The Morgan fingerprint density at radius 3 is 2.94 bits per heavy atom. The predicted molar refractivity (Wildman–Crippen MR) is 61.3 cm³/mol. The molecule has 0 aliphatic rings. The SMILES string of the molecule is Cc1ccc(C#N)c(NCCCC(=O)O)c1. The van der Waals surface area contributed by atoms with Crippen molar-refractivity contribution in [3.8, 4) is 6.07 Å². The lowest BCUT2D eigenvalue weighted by molar-refractivity contribution is -0.137. The number of nitrogens with one attached hydrogen (secondary N) is 1. The molecular weight excluding hydrogens is 204 g/mol. The van der Waals surface area contributed by atoms with Crippen molar-refractivity contribution in [1.29, 1.82) is 5.26 Å². The molecule has 0 spiro atoms. The largest absolute Gasteiger partial charge is 0.481 e. The van der Waals surface area contributed by atoms with Crippen LogP contribution in [-0.2, 0) is 4.79 Å². The van der Waals surface area contributed by atoms with Gasteiger partial charge in [-0.05, 0) is 31.0 Å². The van der Waals surface area contributed by atoms with Crippen LogP contribution in [0, 0.1) is 18.3 Å². The van der Waals surface area contributed by atoms with E-state index in [0.717, 1.165) is 11.3 Å². The highest BCUT2D eigenvalue weighted by Gasteiger charge is 2.02. The number of carboxylic acids is 1. The summed E-state index contributed by atoms with van der Waals surface area (Å²) in [4.78, 5) is 10.3. The lowest BCUT2D eigenvalue weighted by Crippen LogP contribution is -2.06. The molecule has 4 heteroatoms. The third-order valence-electron chi connectivity index (χ3n) is 2.18. The van der Waals surface area contributed by atoms with Gasteiger partial charge >= 0.3 is 5.97 Å². The van der Waals surface area contributed by atoms with Crippen LogP contribution in [0.1, 0.15) is 24.0 Å². The van der Waals surface area contributed by atoms with Gasteiger partial charge in [0, 0.05) is 13.0 Å². The number of nitrogens with zero attached hydrogens (tertiary/aromatic N) is 1.